The third-order valence-electron chi connectivity index (χ3n) is 5.76. The molecule has 0 spiro atoms. The predicted molar refractivity (Wildman–Crippen MR) is 131 cm³/mol. The minimum Gasteiger partial charge on any atom is -0.457 e. The summed E-state index contributed by atoms with van der Waals surface area (Å²) < 4.78 is 12.1. The van der Waals surface area contributed by atoms with E-state index in [1.165, 1.54) is 5.56 Å². The van der Waals surface area contributed by atoms with Gasteiger partial charge in [-0.1, -0.05) is 72.8 Å². The van der Waals surface area contributed by atoms with E-state index in [4.69, 9.17) is 9.47 Å². The van der Waals surface area contributed by atoms with Crippen molar-refractivity contribution in [2.75, 3.05) is 32.7 Å². The number of hydrogen-bond acceptors (Lipinski definition) is 4. The first-order valence-electron chi connectivity index (χ1n) is 11.4. The van der Waals surface area contributed by atoms with Crippen LogP contribution in [0.3, 0.4) is 0 Å². The highest BCUT2D eigenvalue weighted by atomic mass is 16.5. The number of rotatable bonds is 9. The maximum Gasteiger partial charge on any atom is 0.127 e. The summed E-state index contributed by atoms with van der Waals surface area (Å²) in [5, 5.41) is 0. The number of ether oxygens (including phenoxy) is 2. The second-order valence-corrected chi connectivity index (χ2v) is 8.12. The zero-order chi connectivity index (χ0) is 22.0. The van der Waals surface area contributed by atoms with Crippen LogP contribution in [0.25, 0.3) is 6.08 Å². The lowest BCUT2D eigenvalue weighted by Gasteiger charge is -2.37. The Hall–Kier alpha value is -2.92. The van der Waals surface area contributed by atoms with Crippen molar-refractivity contribution in [3.05, 3.63) is 102 Å². The normalized spacial score (nSPS) is 16.3. The van der Waals surface area contributed by atoms with Crippen molar-refractivity contribution in [1.29, 1.82) is 0 Å². The Labute approximate surface area is 191 Å². The molecule has 4 heteroatoms. The van der Waals surface area contributed by atoms with Gasteiger partial charge in [-0.2, -0.15) is 0 Å². The first kappa shape index (κ1) is 22.3. The molecule has 1 heterocycles. The number of piperazine rings is 1. The molecule has 0 aromatic heterocycles. The summed E-state index contributed by atoms with van der Waals surface area (Å²) in [5.74, 6) is 1.68. The molecule has 1 fully saturated rings. The smallest absolute Gasteiger partial charge is 0.127 e. The first-order chi connectivity index (χ1) is 15.8. The molecule has 3 aromatic carbocycles. The summed E-state index contributed by atoms with van der Waals surface area (Å²) in [5.41, 5.74) is 2.38. The highest BCUT2D eigenvalue weighted by molar-refractivity contribution is 5.48. The van der Waals surface area contributed by atoms with Crippen LogP contribution in [-0.4, -0.2) is 48.8 Å². The van der Waals surface area contributed by atoms with Gasteiger partial charge < -0.3 is 9.47 Å². The molecule has 0 amide bonds. The molecule has 4 nitrogen and oxygen atoms in total. The molecule has 0 aliphatic carbocycles. The molecule has 4 rings (SSSR count). The van der Waals surface area contributed by atoms with Gasteiger partial charge in [0.25, 0.3) is 0 Å². The molecule has 1 unspecified atom stereocenters. The van der Waals surface area contributed by atoms with Crippen molar-refractivity contribution in [2.45, 2.75) is 19.8 Å². The van der Waals surface area contributed by atoms with Crippen molar-refractivity contribution < 1.29 is 9.47 Å². The second-order valence-electron chi connectivity index (χ2n) is 8.12. The summed E-state index contributed by atoms with van der Waals surface area (Å²) in [6.07, 6.45) is 4.55. The highest BCUT2D eigenvalue weighted by Crippen LogP contribution is 2.22. The summed E-state index contributed by atoms with van der Waals surface area (Å²) in [7, 11) is 0. The van der Waals surface area contributed by atoms with E-state index >= 15 is 0 Å². The van der Waals surface area contributed by atoms with Gasteiger partial charge in [-0.05, 0) is 42.3 Å². The number of benzene rings is 3. The van der Waals surface area contributed by atoms with Gasteiger partial charge in [0.05, 0.1) is 6.61 Å². The number of hydrogen-bond donors (Lipinski definition) is 0. The van der Waals surface area contributed by atoms with Crippen LogP contribution in [0.2, 0.25) is 0 Å². The average molecular weight is 429 g/mol. The second kappa shape index (κ2) is 11.6. The van der Waals surface area contributed by atoms with Crippen molar-refractivity contribution in [2.24, 2.45) is 0 Å². The lowest BCUT2D eigenvalue weighted by atomic mass is 10.2. The lowest BCUT2D eigenvalue weighted by molar-refractivity contribution is -0.0720. The maximum atomic E-state index is 6.18. The van der Waals surface area contributed by atoms with Crippen LogP contribution in [0.5, 0.6) is 11.5 Å². The van der Waals surface area contributed by atoms with Crippen LogP contribution < -0.4 is 4.74 Å². The Kier molecular flexibility index (Phi) is 8.10. The Morgan fingerprint density at radius 3 is 2.25 bits per heavy atom. The molecule has 32 heavy (non-hydrogen) atoms. The maximum absolute atomic E-state index is 6.18. The Morgan fingerprint density at radius 1 is 0.812 bits per heavy atom. The SMILES string of the molecule is CC(OCc1cccc(Oc2ccccc2)c1)N1CCN(CC=Cc2ccccc2)CC1. The van der Waals surface area contributed by atoms with E-state index in [0.717, 1.165) is 49.8 Å². The van der Waals surface area contributed by atoms with E-state index in [1.807, 2.05) is 42.5 Å². The zero-order valence-corrected chi connectivity index (χ0v) is 18.8. The van der Waals surface area contributed by atoms with Gasteiger partial charge in [-0.25, -0.2) is 0 Å². The quantitative estimate of drug-likeness (QED) is 0.438. The molecule has 1 saturated heterocycles. The van der Waals surface area contributed by atoms with E-state index in [9.17, 15) is 0 Å². The fourth-order valence-electron chi connectivity index (χ4n) is 3.86. The largest absolute Gasteiger partial charge is 0.457 e. The van der Waals surface area contributed by atoms with Crippen LogP contribution in [0.4, 0.5) is 0 Å². The third-order valence-corrected chi connectivity index (χ3v) is 5.76. The van der Waals surface area contributed by atoms with Crippen molar-refractivity contribution in [3.63, 3.8) is 0 Å². The Morgan fingerprint density at radius 2 is 1.50 bits per heavy atom. The zero-order valence-electron chi connectivity index (χ0n) is 18.8. The number of nitrogens with zero attached hydrogens (tertiary/aromatic N) is 2. The Balaban J connectivity index is 1.19. The van der Waals surface area contributed by atoms with Gasteiger partial charge in [0.2, 0.25) is 0 Å². The lowest BCUT2D eigenvalue weighted by Crippen LogP contribution is -2.50. The molecule has 1 atom stereocenters. The molecule has 1 aliphatic rings. The van der Waals surface area contributed by atoms with Crippen molar-refractivity contribution >= 4 is 6.08 Å². The van der Waals surface area contributed by atoms with Crippen molar-refractivity contribution in [1.82, 2.24) is 9.80 Å². The minimum absolute atomic E-state index is 0.0932. The molecule has 0 N–H and O–H groups in total. The van der Waals surface area contributed by atoms with E-state index in [0.29, 0.717) is 6.61 Å². The number of para-hydroxylation sites is 1. The standard InChI is InChI=1S/C28H32N2O2/c1-24(30-20-18-29(19-21-30)17-9-13-25-10-4-2-5-11-25)31-23-26-12-8-16-28(22-26)32-27-14-6-3-7-15-27/h2-16,22,24H,17-21,23H2,1H3. The summed E-state index contributed by atoms with van der Waals surface area (Å²) >= 11 is 0. The average Bonchev–Trinajstić information content (AvgIpc) is 2.84. The molecule has 0 saturated carbocycles. The van der Waals surface area contributed by atoms with E-state index in [-0.39, 0.29) is 6.23 Å². The van der Waals surface area contributed by atoms with Crippen LogP contribution in [0.15, 0.2) is 91.0 Å². The monoisotopic (exact) mass is 428 g/mol. The van der Waals surface area contributed by atoms with Crippen LogP contribution in [-0.2, 0) is 11.3 Å². The molecule has 166 valence electrons. The molecular weight excluding hydrogens is 396 g/mol. The van der Waals surface area contributed by atoms with Gasteiger partial charge in [0.1, 0.15) is 17.7 Å². The summed E-state index contributed by atoms with van der Waals surface area (Å²) in [6.45, 7) is 7.89. The fraction of sp³-hybridized carbons (Fsp3) is 0.286. The highest BCUT2D eigenvalue weighted by Gasteiger charge is 2.20. The minimum atomic E-state index is 0.0932. The predicted octanol–water partition coefficient (Wildman–Crippen LogP) is 5.67. The Bertz CT molecular complexity index is 967. The van der Waals surface area contributed by atoms with Gasteiger partial charge in [0.15, 0.2) is 0 Å². The fourth-order valence-corrected chi connectivity index (χ4v) is 3.86. The molecule has 1 aliphatic heterocycles. The molecule has 0 radical (unpaired) electrons. The molecular formula is C28H32N2O2. The van der Waals surface area contributed by atoms with E-state index in [2.05, 4.69) is 71.3 Å². The van der Waals surface area contributed by atoms with Gasteiger partial charge in [-0.15, -0.1) is 0 Å². The molecule has 3 aromatic rings. The topological polar surface area (TPSA) is 24.9 Å². The van der Waals surface area contributed by atoms with Crippen LogP contribution in [0.1, 0.15) is 18.1 Å². The van der Waals surface area contributed by atoms with Gasteiger partial charge in [-0.3, -0.25) is 9.80 Å². The van der Waals surface area contributed by atoms with E-state index in [1.54, 1.807) is 0 Å². The third kappa shape index (κ3) is 6.79. The van der Waals surface area contributed by atoms with Gasteiger partial charge >= 0.3 is 0 Å². The van der Waals surface area contributed by atoms with Crippen molar-refractivity contribution in [3.8, 4) is 11.5 Å². The van der Waals surface area contributed by atoms with E-state index < -0.39 is 0 Å². The summed E-state index contributed by atoms with van der Waals surface area (Å²) in [4.78, 5) is 4.91. The van der Waals surface area contributed by atoms with Crippen LogP contribution in [0, 0.1) is 0 Å². The van der Waals surface area contributed by atoms with Crippen LogP contribution >= 0.6 is 0 Å². The first-order valence-corrected chi connectivity index (χ1v) is 11.4. The summed E-state index contributed by atoms with van der Waals surface area (Å²) in [6, 6.07) is 28.5. The van der Waals surface area contributed by atoms with Gasteiger partial charge in [0, 0.05) is 32.7 Å². The molecule has 0 bridgehead atoms.